The molecule has 2 aromatic carbocycles. The predicted octanol–water partition coefficient (Wildman–Crippen LogP) is 6.18. The fraction of sp³-hybridized carbons (Fsp3) is 0.238. The second-order valence-corrected chi connectivity index (χ2v) is 7.99. The number of aryl methyl sites for hydroxylation is 1. The summed E-state index contributed by atoms with van der Waals surface area (Å²) >= 11 is 2.87. The first-order valence-corrected chi connectivity index (χ1v) is 10.3. The topological polar surface area (TPSA) is 99.3 Å². The Bertz CT molecular complexity index is 1230. The average Bonchev–Trinajstić information content (AvgIpc) is 3.04. The van der Waals surface area contributed by atoms with E-state index in [0.717, 1.165) is 16.3 Å². The van der Waals surface area contributed by atoms with E-state index in [0.29, 0.717) is 5.75 Å². The molecule has 0 saturated carbocycles. The Morgan fingerprint density at radius 3 is 2.48 bits per heavy atom. The van der Waals surface area contributed by atoms with Crippen molar-refractivity contribution in [2.45, 2.75) is 33.0 Å². The lowest BCUT2D eigenvalue weighted by molar-refractivity contribution is -0.384. The number of hydrogen-bond acceptors (Lipinski definition) is 5. The van der Waals surface area contributed by atoms with Crippen molar-refractivity contribution < 1.29 is 27.6 Å². The lowest BCUT2D eigenvalue weighted by Crippen LogP contribution is -2.25. The Hall–Kier alpha value is -3.41. The molecule has 0 aliphatic rings. The van der Waals surface area contributed by atoms with Crippen molar-refractivity contribution in [3.63, 3.8) is 0 Å². The number of hydrogen-bond donors (Lipinski definition) is 1. The lowest BCUT2D eigenvalue weighted by Gasteiger charge is -2.15. The molecule has 174 valence electrons. The van der Waals surface area contributed by atoms with E-state index in [2.05, 4.69) is 26.3 Å². The van der Waals surface area contributed by atoms with Gasteiger partial charge in [-0.2, -0.15) is 18.3 Å². The summed E-state index contributed by atoms with van der Waals surface area (Å²) in [4.78, 5) is 23.5. The van der Waals surface area contributed by atoms with Gasteiger partial charge in [0.2, 0.25) is 5.91 Å². The largest absolute Gasteiger partial charge is 0.457 e. The third-order valence-corrected chi connectivity index (χ3v) is 5.73. The van der Waals surface area contributed by atoms with Crippen LogP contribution in [0.25, 0.3) is 0 Å². The van der Waals surface area contributed by atoms with E-state index >= 15 is 0 Å². The highest BCUT2D eigenvalue weighted by Gasteiger charge is 2.39. The number of nitrogens with one attached hydrogen (secondary N) is 1. The molecular formula is C21H18BrF3N4O4. The zero-order valence-electron chi connectivity index (χ0n) is 17.6. The fourth-order valence-corrected chi connectivity index (χ4v) is 3.52. The quantitative estimate of drug-likeness (QED) is 0.305. The number of aromatic nitrogens is 2. The Morgan fingerprint density at radius 1 is 1.24 bits per heavy atom. The molecule has 0 aliphatic heterocycles. The fourth-order valence-electron chi connectivity index (χ4n) is 3.03. The van der Waals surface area contributed by atoms with Gasteiger partial charge in [0, 0.05) is 12.1 Å². The number of carbonyl (C=O) groups excluding carboxylic acids is 1. The molecular weight excluding hydrogens is 509 g/mol. The molecule has 1 N–H and O–H groups in total. The van der Waals surface area contributed by atoms with Crippen LogP contribution in [0.1, 0.15) is 29.9 Å². The number of amides is 1. The van der Waals surface area contributed by atoms with Crippen molar-refractivity contribution >= 4 is 33.2 Å². The normalized spacial score (nSPS) is 12.3. The monoisotopic (exact) mass is 526 g/mol. The SMILES string of the molecule is Cc1ccccc1Oc1cc(NC(=O)C(C)n2nc(C(F)(F)F)c(Br)c2C)cc([N+](=O)[O-])c1. The van der Waals surface area contributed by atoms with E-state index in [-0.39, 0.29) is 27.3 Å². The number of halogens is 4. The molecule has 1 unspecified atom stereocenters. The number of anilines is 1. The smallest absolute Gasteiger partial charge is 0.436 e. The number of alkyl halides is 3. The Balaban J connectivity index is 1.89. The summed E-state index contributed by atoms with van der Waals surface area (Å²) in [6.07, 6.45) is -4.70. The van der Waals surface area contributed by atoms with E-state index in [4.69, 9.17) is 4.74 Å². The summed E-state index contributed by atoms with van der Waals surface area (Å²) in [5.74, 6) is -0.136. The molecule has 3 rings (SSSR count). The van der Waals surface area contributed by atoms with Gasteiger partial charge >= 0.3 is 6.18 Å². The van der Waals surface area contributed by atoms with Crippen molar-refractivity contribution in [3.8, 4) is 11.5 Å². The number of ether oxygens (including phenoxy) is 1. The molecule has 0 radical (unpaired) electrons. The van der Waals surface area contributed by atoms with Gasteiger partial charge in [0.05, 0.1) is 26.8 Å². The van der Waals surface area contributed by atoms with Gasteiger partial charge in [0.15, 0.2) is 5.69 Å². The number of rotatable bonds is 6. The van der Waals surface area contributed by atoms with Crippen molar-refractivity contribution in [2.24, 2.45) is 0 Å². The maximum Gasteiger partial charge on any atom is 0.436 e. The van der Waals surface area contributed by atoms with Crippen LogP contribution in [0.4, 0.5) is 24.5 Å². The minimum Gasteiger partial charge on any atom is -0.457 e. The van der Waals surface area contributed by atoms with E-state index in [1.165, 1.54) is 26.0 Å². The van der Waals surface area contributed by atoms with Gasteiger partial charge in [-0.25, -0.2) is 0 Å². The van der Waals surface area contributed by atoms with Crippen LogP contribution in [-0.4, -0.2) is 20.6 Å². The minimum atomic E-state index is -4.70. The van der Waals surface area contributed by atoms with Gasteiger partial charge in [0.1, 0.15) is 17.5 Å². The highest BCUT2D eigenvalue weighted by Crippen LogP contribution is 2.37. The van der Waals surface area contributed by atoms with Crippen molar-refractivity contribution in [1.82, 2.24) is 9.78 Å². The lowest BCUT2D eigenvalue weighted by atomic mass is 10.2. The second kappa shape index (κ2) is 9.22. The summed E-state index contributed by atoms with van der Waals surface area (Å²) < 4.78 is 45.8. The predicted molar refractivity (Wildman–Crippen MR) is 117 cm³/mol. The standard InChI is InChI=1S/C21H18BrF3N4O4/c1-11-6-4-5-7-17(11)33-16-9-14(8-15(10-16)29(31)32)26-20(30)13(3)28-12(2)18(22)19(27-28)21(23,24)25/h4-10,13H,1-3H3,(H,26,30). The Kier molecular flexibility index (Phi) is 6.77. The summed E-state index contributed by atoms with van der Waals surface area (Å²) in [6.45, 7) is 4.55. The number of non-ortho nitro benzene ring substituents is 1. The number of benzene rings is 2. The third kappa shape index (κ3) is 5.33. The van der Waals surface area contributed by atoms with Crippen molar-refractivity contribution in [1.29, 1.82) is 0 Å². The van der Waals surface area contributed by atoms with Crippen LogP contribution >= 0.6 is 15.9 Å². The van der Waals surface area contributed by atoms with Gasteiger partial charge in [-0.15, -0.1) is 0 Å². The van der Waals surface area contributed by atoms with Crippen LogP contribution in [-0.2, 0) is 11.0 Å². The molecule has 0 saturated heterocycles. The summed E-state index contributed by atoms with van der Waals surface area (Å²) in [5.41, 5.74) is -0.536. The number of nitro benzene ring substituents is 1. The molecule has 0 fully saturated rings. The van der Waals surface area contributed by atoms with Crippen molar-refractivity contribution in [3.05, 3.63) is 74.0 Å². The Morgan fingerprint density at radius 2 is 1.91 bits per heavy atom. The van der Waals surface area contributed by atoms with Crippen LogP contribution in [0.15, 0.2) is 46.9 Å². The van der Waals surface area contributed by atoms with Gasteiger partial charge in [-0.05, 0) is 48.3 Å². The van der Waals surface area contributed by atoms with Crippen LogP contribution in [0.2, 0.25) is 0 Å². The highest BCUT2D eigenvalue weighted by atomic mass is 79.9. The number of para-hydroxylation sites is 1. The second-order valence-electron chi connectivity index (χ2n) is 7.20. The molecule has 12 heteroatoms. The van der Waals surface area contributed by atoms with Crippen LogP contribution < -0.4 is 10.1 Å². The van der Waals surface area contributed by atoms with E-state index in [1.54, 1.807) is 25.1 Å². The maximum absolute atomic E-state index is 13.1. The number of nitrogens with zero attached hydrogens (tertiary/aromatic N) is 3. The van der Waals surface area contributed by atoms with Gasteiger partial charge < -0.3 is 10.1 Å². The minimum absolute atomic E-state index is 0.0459. The zero-order chi connectivity index (χ0) is 24.5. The molecule has 1 aromatic heterocycles. The third-order valence-electron chi connectivity index (χ3n) is 4.78. The van der Waals surface area contributed by atoms with E-state index < -0.39 is 28.7 Å². The molecule has 3 aromatic rings. The molecule has 1 heterocycles. The molecule has 0 aliphatic carbocycles. The maximum atomic E-state index is 13.1. The molecule has 33 heavy (non-hydrogen) atoms. The first kappa shape index (κ1) is 24.2. The van der Waals surface area contributed by atoms with E-state index in [1.807, 2.05) is 6.07 Å². The first-order chi connectivity index (χ1) is 15.4. The van der Waals surface area contributed by atoms with Gasteiger partial charge in [-0.3, -0.25) is 19.6 Å². The molecule has 0 bridgehead atoms. The molecule has 1 amide bonds. The van der Waals surface area contributed by atoms with Gasteiger partial charge in [0.25, 0.3) is 5.69 Å². The van der Waals surface area contributed by atoms with E-state index in [9.17, 15) is 28.1 Å². The molecule has 8 nitrogen and oxygen atoms in total. The number of carbonyl (C=O) groups is 1. The first-order valence-electron chi connectivity index (χ1n) is 9.54. The zero-order valence-corrected chi connectivity index (χ0v) is 19.2. The van der Waals surface area contributed by atoms with Crippen LogP contribution in [0, 0.1) is 24.0 Å². The van der Waals surface area contributed by atoms with Crippen LogP contribution in [0.5, 0.6) is 11.5 Å². The molecule has 1 atom stereocenters. The summed E-state index contributed by atoms with van der Waals surface area (Å²) in [6, 6.07) is 9.61. The summed E-state index contributed by atoms with van der Waals surface area (Å²) in [7, 11) is 0. The van der Waals surface area contributed by atoms with Crippen molar-refractivity contribution in [2.75, 3.05) is 5.32 Å². The highest BCUT2D eigenvalue weighted by molar-refractivity contribution is 9.10. The van der Waals surface area contributed by atoms with Crippen LogP contribution in [0.3, 0.4) is 0 Å². The van der Waals surface area contributed by atoms with Gasteiger partial charge in [-0.1, -0.05) is 18.2 Å². The molecule has 0 spiro atoms. The average molecular weight is 527 g/mol. The Labute approximate surface area is 194 Å². The number of nitro groups is 1. The summed E-state index contributed by atoms with van der Waals surface area (Å²) in [5, 5.41) is 17.4.